The van der Waals surface area contributed by atoms with Gasteiger partial charge in [0.05, 0.1) is 22.6 Å². The van der Waals surface area contributed by atoms with Gasteiger partial charge in [-0.05, 0) is 43.8 Å². The molecule has 6 heteroatoms. The highest BCUT2D eigenvalue weighted by molar-refractivity contribution is 5.64. The normalized spacial score (nSPS) is 11.8. The van der Waals surface area contributed by atoms with Crippen LogP contribution in [0.2, 0.25) is 0 Å². The summed E-state index contributed by atoms with van der Waals surface area (Å²) in [5, 5.41) is 23.3. The van der Waals surface area contributed by atoms with Crippen molar-refractivity contribution in [3.63, 3.8) is 0 Å². The Morgan fingerprint density at radius 2 is 1.92 bits per heavy atom. The van der Waals surface area contributed by atoms with Gasteiger partial charge in [0, 0.05) is 12.6 Å². The fraction of sp³-hybridized carbons (Fsp3) is 0.316. The summed E-state index contributed by atoms with van der Waals surface area (Å²) in [6, 6.07) is 14.9. The van der Waals surface area contributed by atoms with Crippen molar-refractivity contribution < 1.29 is 4.92 Å². The number of rotatable bonds is 7. The van der Waals surface area contributed by atoms with Gasteiger partial charge in [0.1, 0.15) is 5.69 Å². The SMILES string of the molecule is CCc1ccc(C(CNc2ccc(C#N)cc2[N+](=O)[O-])N(C)C)cc1. The van der Waals surface area contributed by atoms with Gasteiger partial charge in [-0.15, -0.1) is 0 Å². The van der Waals surface area contributed by atoms with Gasteiger partial charge in [-0.1, -0.05) is 31.2 Å². The molecule has 1 unspecified atom stereocenters. The molecule has 2 aromatic rings. The lowest BCUT2D eigenvalue weighted by atomic mass is 10.0. The minimum atomic E-state index is -0.468. The van der Waals surface area contributed by atoms with E-state index >= 15 is 0 Å². The summed E-state index contributed by atoms with van der Waals surface area (Å²) in [5.41, 5.74) is 3.03. The van der Waals surface area contributed by atoms with E-state index in [1.54, 1.807) is 12.1 Å². The molecule has 1 N–H and O–H groups in total. The van der Waals surface area contributed by atoms with Crippen LogP contribution in [0.4, 0.5) is 11.4 Å². The van der Waals surface area contributed by atoms with Gasteiger partial charge in [-0.25, -0.2) is 0 Å². The Morgan fingerprint density at radius 3 is 2.44 bits per heavy atom. The number of anilines is 1. The summed E-state index contributed by atoms with van der Waals surface area (Å²) in [4.78, 5) is 12.9. The molecular weight excluding hydrogens is 316 g/mol. The predicted octanol–water partition coefficient (Wildman–Crippen LogP) is 3.74. The molecule has 0 aliphatic heterocycles. The van der Waals surface area contributed by atoms with E-state index in [2.05, 4.69) is 41.4 Å². The molecule has 130 valence electrons. The number of nitro groups is 1. The maximum atomic E-state index is 11.3. The molecule has 0 saturated heterocycles. The minimum Gasteiger partial charge on any atom is -0.378 e. The van der Waals surface area contributed by atoms with Crippen molar-refractivity contribution in [1.82, 2.24) is 4.90 Å². The summed E-state index contributed by atoms with van der Waals surface area (Å²) in [7, 11) is 3.96. The molecule has 0 aliphatic rings. The number of likely N-dealkylation sites (N-methyl/N-ethyl adjacent to an activating group) is 1. The average molecular weight is 338 g/mol. The smallest absolute Gasteiger partial charge is 0.293 e. The van der Waals surface area contributed by atoms with E-state index < -0.39 is 4.92 Å². The molecule has 6 nitrogen and oxygen atoms in total. The third-order valence-corrected chi connectivity index (χ3v) is 4.21. The lowest BCUT2D eigenvalue weighted by Gasteiger charge is -2.25. The fourth-order valence-corrected chi connectivity index (χ4v) is 2.68. The third-order valence-electron chi connectivity index (χ3n) is 4.21. The number of hydrogen-bond donors (Lipinski definition) is 1. The van der Waals surface area contributed by atoms with Gasteiger partial charge in [-0.3, -0.25) is 10.1 Å². The maximum absolute atomic E-state index is 11.3. The van der Waals surface area contributed by atoms with E-state index in [4.69, 9.17) is 5.26 Å². The van der Waals surface area contributed by atoms with Crippen molar-refractivity contribution in [1.29, 1.82) is 5.26 Å². The van der Waals surface area contributed by atoms with Crippen molar-refractivity contribution in [2.24, 2.45) is 0 Å². The van der Waals surface area contributed by atoms with Gasteiger partial charge in [-0.2, -0.15) is 5.26 Å². The average Bonchev–Trinajstić information content (AvgIpc) is 2.62. The maximum Gasteiger partial charge on any atom is 0.293 e. The van der Waals surface area contributed by atoms with E-state index in [0.29, 0.717) is 12.2 Å². The van der Waals surface area contributed by atoms with Crippen LogP contribution in [0.15, 0.2) is 42.5 Å². The Labute approximate surface area is 147 Å². The Morgan fingerprint density at radius 1 is 1.24 bits per heavy atom. The Bertz CT molecular complexity index is 779. The summed E-state index contributed by atoms with van der Waals surface area (Å²) in [6.45, 7) is 2.63. The first-order valence-corrected chi connectivity index (χ1v) is 8.14. The number of nitrogens with one attached hydrogen (secondary N) is 1. The zero-order chi connectivity index (χ0) is 18.4. The first-order valence-electron chi connectivity index (χ1n) is 8.14. The standard InChI is InChI=1S/C19H22N4O2/c1-4-14-5-8-16(9-6-14)19(22(2)3)13-21-17-10-7-15(12-20)11-18(17)23(24)25/h5-11,19,21H,4,13H2,1-3H3. The van der Waals surface area contributed by atoms with Gasteiger partial charge < -0.3 is 10.2 Å². The first-order chi connectivity index (χ1) is 12.0. The summed E-state index contributed by atoms with van der Waals surface area (Å²) >= 11 is 0. The molecule has 0 fully saturated rings. The monoisotopic (exact) mass is 338 g/mol. The predicted molar refractivity (Wildman–Crippen MR) is 98.5 cm³/mol. The van der Waals surface area contributed by atoms with Crippen LogP contribution in [0.25, 0.3) is 0 Å². The molecule has 25 heavy (non-hydrogen) atoms. The van der Waals surface area contributed by atoms with Crippen LogP contribution >= 0.6 is 0 Å². The van der Waals surface area contributed by atoms with Crippen molar-refractivity contribution >= 4 is 11.4 Å². The second-order valence-electron chi connectivity index (χ2n) is 6.06. The largest absolute Gasteiger partial charge is 0.378 e. The molecule has 2 rings (SSSR count). The first kappa shape index (κ1) is 18.4. The number of aryl methyl sites for hydroxylation is 1. The third kappa shape index (κ3) is 4.55. The molecule has 0 radical (unpaired) electrons. The molecule has 0 spiro atoms. The van der Waals surface area contributed by atoms with E-state index in [-0.39, 0.29) is 17.3 Å². The van der Waals surface area contributed by atoms with Crippen LogP contribution in [0.1, 0.15) is 29.7 Å². The second kappa shape index (κ2) is 8.27. The minimum absolute atomic E-state index is 0.0705. The zero-order valence-corrected chi connectivity index (χ0v) is 14.7. The number of benzene rings is 2. The highest BCUT2D eigenvalue weighted by Crippen LogP contribution is 2.27. The van der Waals surface area contributed by atoms with Crippen molar-refractivity contribution in [3.05, 3.63) is 69.3 Å². The van der Waals surface area contributed by atoms with Gasteiger partial charge in [0.2, 0.25) is 0 Å². The lowest BCUT2D eigenvalue weighted by molar-refractivity contribution is -0.384. The van der Waals surface area contributed by atoms with Crippen LogP contribution in [-0.4, -0.2) is 30.5 Å². The highest BCUT2D eigenvalue weighted by Gasteiger charge is 2.18. The van der Waals surface area contributed by atoms with Crippen molar-refractivity contribution in [2.45, 2.75) is 19.4 Å². The molecule has 0 saturated carbocycles. The summed E-state index contributed by atoms with van der Waals surface area (Å²) in [5.74, 6) is 0. The van der Waals surface area contributed by atoms with E-state index in [1.807, 2.05) is 20.2 Å². The number of nitro benzene ring substituents is 1. The van der Waals surface area contributed by atoms with Gasteiger partial charge in [0.25, 0.3) is 5.69 Å². The number of nitriles is 1. The molecular formula is C19H22N4O2. The quantitative estimate of drug-likeness (QED) is 0.614. The molecule has 0 aliphatic carbocycles. The Balaban J connectivity index is 2.21. The van der Waals surface area contributed by atoms with Crippen molar-refractivity contribution in [3.8, 4) is 6.07 Å². The van der Waals surface area contributed by atoms with Crippen LogP contribution in [0, 0.1) is 21.4 Å². The molecule has 0 aromatic heterocycles. The topological polar surface area (TPSA) is 82.2 Å². The summed E-state index contributed by atoms with van der Waals surface area (Å²) < 4.78 is 0. The molecule has 0 bridgehead atoms. The summed E-state index contributed by atoms with van der Waals surface area (Å²) in [6.07, 6.45) is 0.989. The lowest BCUT2D eigenvalue weighted by Crippen LogP contribution is -2.27. The van der Waals surface area contributed by atoms with E-state index in [9.17, 15) is 10.1 Å². The van der Waals surface area contributed by atoms with E-state index in [1.165, 1.54) is 11.6 Å². The highest BCUT2D eigenvalue weighted by atomic mass is 16.6. The Kier molecular flexibility index (Phi) is 6.09. The van der Waals surface area contributed by atoms with Crippen LogP contribution in [0.5, 0.6) is 0 Å². The number of hydrogen-bond acceptors (Lipinski definition) is 5. The molecule has 1 atom stereocenters. The second-order valence-corrected chi connectivity index (χ2v) is 6.06. The van der Waals surface area contributed by atoms with Crippen LogP contribution in [-0.2, 0) is 6.42 Å². The zero-order valence-electron chi connectivity index (χ0n) is 14.7. The molecule has 0 amide bonds. The van der Waals surface area contributed by atoms with Gasteiger partial charge >= 0.3 is 0 Å². The fourth-order valence-electron chi connectivity index (χ4n) is 2.68. The van der Waals surface area contributed by atoms with Crippen molar-refractivity contribution in [2.75, 3.05) is 26.0 Å². The van der Waals surface area contributed by atoms with Gasteiger partial charge in [0.15, 0.2) is 0 Å². The molecule has 0 heterocycles. The van der Waals surface area contributed by atoms with E-state index in [0.717, 1.165) is 12.0 Å². The number of nitrogens with zero attached hydrogens (tertiary/aromatic N) is 3. The molecule has 2 aromatic carbocycles. The van der Waals surface area contributed by atoms with Crippen LogP contribution < -0.4 is 5.32 Å². The Hall–Kier alpha value is -2.91. The van der Waals surface area contributed by atoms with Crippen LogP contribution in [0.3, 0.4) is 0 Å².